The van der Waals surface area contributed by atoms with Gasteiger partial charge in [-0.15, -0.1) is 0 Å². The van der Waals surface area contributed by atoms with Crippen molar-refractivity contribution in [3.8, 4) is 0 Å². The van der Waals surface area contributed by atoms with Crippen molar-refractivity contribution < 1.29 is 5.11 Å². The second-order valence-corrected chi connectivity index (χ2v) is 3.48. The highest BCUT2D eigenvalue weighted by atomic mass is 16.3. The van der Waals surface area contributed by atoms with Gasteiger partial charge in [-0.25, -0.2) is 4.98 Å². The van der Waals surface area contributed by atoms with E-state index in [4.69, 9.17) is 0 Å². The van der Waals surface area contributed by atoms with E-state index < -0.39 is 0 Å². The number of aromatic nitrogens is 3. The summed E-state index contributed by atoms with van der Waals surface area (Å²) in [5.41, 5.74) is 0. The van der Waals surface area contributed by atoms with Gasteiger partial charge in [-0.3, -0.25) is 9.58 Å². The Hall–Kier alpha value is -0.940. The molecule has 0 spiro atoms. The SMILES string of the molecule is Cn1ncnc1CN1CCC(O)C1. The normalized spacial score (nSPS) is 24.0. The average Bonchev–Trinajstić information content (AvgIpc) is 2.64. The molecule has 13 heavy (non-hydrogen) atoms. The Bertz CT molecular complexity index is 285. The molecule has 72 valence electrons. The molecule has 0 bridgehead atoms. The summed E-state index contributed by atoms with van der Waals surface area (Å²) >= 11 is 0. The Labute approximate surface area is 77.0 Å². The van der Waals surface area contributed by atoms with Gasteiger partial charge in [0.05, 0.1) is 12.6 Å². The minimum absolute atomic E-state index is 0.159. The summed E-state index contributed by atoms with van der Waals surface area (Å²) in [7, 11) is 1.88. The maximum atomic E-state index is 9.31. The van der Waals surface area contributed by atoms with Crippen molar-refractivity contribution in [3.63, 3.8) is 0 Å². The minimum atomic E-state index is -0.159. The summed E-state index contributed by atoms with van der Waals surface area (Å²) in [6.45, 7) is 2.49. The van der Waals surface area contributed by atoms with Crippen molar-refractivity contribution in [3.05, 3.63) is 12.2 Å². The van der Waals surface area contributed by atoms with E-state index in [2.05, 4.69) is 15.0 Å². The van der Waals surface area contributed by atoms with Crippen molar-refractivity contribution >= 4 is 0 Å². The van der Waals surface area contributed by atoms with Crippen LogP contribution in [0.4, 0.5) is 0 Å². The highest BCUT2D eigenvalue weighted by Crippen LogP contribution is 2.11. The lowest BCUT2D eigenvalue weighted by molar-refractivity contribution is 0.173. The van der Waals surface area contributed by atoms with Gasteiger partial charge in [0.1, 0.15) is 12.2 Å². The van der Waals surface area contributed by atoms with E-state index in [0.29, 0.717) is 0 Å². The van der Waals surface area contributed by atoms with E-state index in [1.807, 2.05) is 7.05 Å². The van der Waals surface area contributed by atoms with Crippen LogP contribution in [0.5, 0.6) is 0 Å². The molecule has 1 aliphatic heterocycles. The molecule has 0 saturated carbocycles. The fraction of sp³-hybridized carbons (Fsp3) is 0.750. The largest absolute Gasteiger partial charge is 0.392 e. The zero-order chi connectivity index (χ0) is 9.26. The summed E-state index contributed by atoms with van der Waals surface area (Å²) in [6.07, 6.45) is 2.27. The summed E-state index contributed by atoms with van der Waals surface area (Å²) < 4.78 is 1.77. The van der Waals surface area contributed by atoms with Gasteiger partial charge < -0.3 is 5.11 Å². The molecule has 1 aromatic rings. The lowest BCUT2D eigenvalue weighted by Crippen LogP contribution is -2.23. The minimum Gasteiger partial charge on any atom is -0.392 e. The van der Waals surface area contributed by atoms with Crippen LogP contribution < -0.4 is 0 Å². The second-order valence-electron chi connectivity index (χ2n) is 3.48. The van der Waals surface area contributed by atoms with Crippen LogP contribution in [0.15, 0.2) is 6.33 Å². The molecule has 2 heterocycles. The predicted molar refractivity (Wildman–Crippen MR) is 46.9 cm³/mol. The summed E-state index contributed by atoms with van der Waals surface area (Å²) in [5.74, 6) is 0.953. The highest BCUT2D eigenvalue weighted by molar-refractivity contribution is 4.86. The predicted octanol–water partition coefficient (Wildman–Crippen LogP) is -0.618. The molecule has 0 aromatic carbocycles. The van der Waals surface area contributed by atoms with Crippen molar-refractivity contribution in [2.75, 3.05) is 13.1 Å². The summed E-state index contributed by atoms with van der Waals surface area (Å²) in [6, 6.07) is 0. The molecule has 5 heteroatoms. The van der Waals surface area contributed by atoms with Crippen molar-refractivity contribution in [1.82, 2.24) is 19.7 Å². The van der Waals surface area contributed by atoms with E-state index in [1.165, 1.54) is 0 Å². The van der Waals surface area contributed by atoms with Crippen LogP contribution >= 0.6 is 0 Å². The van der Waals surface area contributed by atoms with Crippen LogP contribution in [-0.2, 0) is 13.6 Å². The summed E-state index contributed by atoms with van der Waals surface area (Å²) in [5, 5.41) is 13.3. The Balaban J connectivity index is 1.95. The monoisotopic (exact) mass is 182 g/mol. The molecule has 1 atom stereocenters. The third-order valence-corrected chi connectivity index (χ3v) is 2.42. The van der Waals surface area contributed by atoms with Crippen molar-refractivity contribution in [1.29, 1.82) is 0 Å². The van der Waals surface area contributed by atoms with Gasteiger partial charge in [0.25, 0.3) is 0 Å². The van der Waals surface area contributed by atoms with Crippen LogP contribution in [0, 0.1) is 0 Å². The number of aliphatic hydroxyl groups excluding tert-OH is 1. The van der Waals surface area contributed by atoms with Crippen molar-refractivity contribution in [2.45, 2.75) is 19.1 Å². The molecule has 1 saturated heterocycles. The molecule has 1 unspecified atom stereocenters. The molecule has 1 N–H and O–H groups in total. The molecule has 1 aromatic heterocycles. The third-order valence-electron chi connectivity index (χ3n) is 2.42. The molecule has 0 radical (unpaired) electrons. The lowest BCUT2D eigenvalue weighted by atomic mass is 10.3. The van der Waals surface area contributed by atoms with Crippen LogP contribution in [-0.4, -0.2) is 44.0 Å². The standard InChI is InChI=1S/C8H14N4O/c1-11-8(9-6-10-11)5-12-3-2-7(13)4-12/h6-7,13H,2-5H2,1H3. The maximum Gasteiger partial charge on any atom is 0.140 e. The second kappa shape index (κ2) is 3.43. The van der Waals surface area contributed by atoms with Crippen molar-refractivity contribution in [2.24, 2.45) is 7.05 Å². The van der Waals surface area contributed by atoms with E-state index in [9.17, 15) is 5.11 Å². The molecular weight excluding hydrogens is 168 g/mol. The number of aryl methyl sites for hydroxylation is 1. The number of hydrogen-bond donors (Lipinski definition) is 1. The van der Waals surface area contributed by atoms with Gasteiger partial charge in [0.15, 0.2) is 0 Å². The van der Waals surface area contributed by atoms with E-state index in [1.54, 1.807) is 11.0 Å². The zero-order valence-electron chi connectivity index (χ0n) is 7.72. The Kier molecular flexibility index (Phi) is 2.28. The van der Waals surface area contributed by atoms with Gasteiger partial charge >= 0.3 is 0 Å². The van der Waals surface area contributed by atoms with Gasteiger partial charge in [-0.2, -0.15) is 5.10 Å². The third kappa shape index (κ3) is 1.87. The Morgan fingerprint density at radius 1 is 1.69 bits per heavy atom. The number of rotatable bonds is 2. The van der Waals surface area contributed by atoms with Gasteiger partial charge in [0.2, 0.25) is 0 Å². The van der Waals surface area contributed by atoms with E-state index in [0.717, 1.165) is 31.9 Å². The number of aliphatic hydroxyl groups is 1. The first-order valence-corrected chi connectivity index (χ1v) is 4.49. The van der Waals surface area contributed by atoms with Crippen LogP contribution in [0.3, 0.4) is 0 Å². The number of likely N-dealkylation sites (tertiary alicyclic amines) is 1. The van der Waals surface area contributed by atoms with Crippen LogP contribution in [0.2, 0.25) is 0 Å². The smallest absolute Gasteiger partial charge is 0.140 e. The van der Waals surface area contributed by atoms with Crippen LogP contribution in [0.25, 0.3) is 0 Å². The molecule has 0 aliphatic carbocycles. The Morgan fingerprint density at radius 3 is 3.08 bits per heavy atom. The van der Waals surface area contributed by atoms with Gasteiger partial charge in [0, 0.05) is 20.1 Å². The van der Waals surface area contributed by atoms with Crippen LogP contribution in [0.1, 0.15) is 12.2 Å². The molecule has 5 nitrogen and oxygen atoms in total. The zero-order valence-corrected chi connectivity index (χ0v) is 7.72. The molecule has 0 amide bonds. The number of hydrogen-bond acceptors (Lipinski definition) is 4. The molecule has 1 fully saturated rings. The fourth-order valence-corrected chi connectivity index (χ4v) is 1.62. The first-order valence-electron chi connectivity index (χ1n) is 4.49. The van der Waals surface area contributed by atoms with Gasteiger partial charge in [-0.1, -0.05) is 0 Å². The summed E-state index contributed by atoms with van der Waals surface area (Å²) in [4.78, 5) is 6.32. The average molecular weight is 182 g/mol. The fourth-order valence-electron chi connectivity index (χ4n) is 1.62. The van der Waals surface area contributed by atoms with E-state index in [-0.39, 0.29) is 6.10 Å². The quantitative estimate of drug-likeness (QED) is 0.662. The first kappa shape index (κ1) is 8.65. The topological polar surface area (TPSA) is 54.2 Å². The highest BCUT2D eigenvalue weighted by Gasteiger charge is 2.21. The van der Waals surface area contributed by atoms with Gasteiger partial charge in [-0.05, 0) is 6.42 Å². The van der Waals surface area contributed by atoms with E-state index >= 15 is 0 Å². The lowest BCUT2D eigenvalue weighted by Gasteiger charge is -2.13. The number of β-amino-alcohol motifs (C(OH)–C–C–N with tert-alkyl or cyclic N) is 1. The molecule has 1 aliphatic rings. The molecule has 2 rings (SSSR count). The molecular formula is C8H14N4O. The number of nitrogens with zero attached hydrogens (tertiary/aromatic N) is 4. The Morgan fingerprint density at radius 2 is 2.54 bits per heavy atom. The maximum absolute atomic E-state index is 9.31. The first-order chi connectivity index (χ1) is 6.25.